The first-order valence-corrected chi connectivity index (χ1v) is 7.85. The molecule has 0 saturated heterocycles. The van der Waals surface area contributed by atoms with Crippen molar-refractivity contribution >= 4 is 0 Å². The second kappa shape index (κ2) is 6.74. The number of hydrogen-bond acceptors (Lipinski definition) is 1. The van der Waals surface area contributed by atoms with Crippen LogP contribution >= 0.6 is 0 Å². The molecule has 2 heteroatoms. The number of aromatic nitrogens is 2. The summed E-state index contributed by atoms with van der Waals surface area (Å²) in [5, 5.41) is 4.58. The lowest BCUT2D eigenvalue weighted by Crippen LogP contribution is -2.06. The lowest BCUT2D eigenvalue weighted by atomic mass is 9.90. The van der Waals surface area contributed by atoms with Crippen LogP contribution in [0.15, 0.2) is 30.5 Å². The van der Waals surface area contributed by atoms with Crippen LogP contribution in [0.2, 0.25) is 0 Å². The van der Waals surface area contributed by atoms with Crippen LogP contribution in [0.25, 0.3) is 5.69 Å². The van der Waals surface area contributed by atoms with Gasteiger partial charge in [0.1, 0.15) is 0 Å². The van der Waals surface area contributed by atoms with Gasteiger partial charge >= 0.3 is 0 Å². The van der Waals surface area contributed by atoms with Crippen LogP contribution in [0.4, 0.5) is 0 Å². The Balaban J connectivity index is 2.49. The van der Waals surface area contributed by atoms with E-state index in [1.54, 1.807) is 0 Å². The molecule has 20 heavy (non-hydrogen) atoms. The first-order valence-electron chi connectivity index (χ1n) is 7.85. The Kier molecular flexibility index (Phi) is 4.99. The Morgan fingerprint density at radius 1 is 1.10 bits per heavy atom. The van der Waals surface area contributed by atoms with E-state index < -0.39 is 0 Å². The molecule has 1 aromatic heterocycles. The van der Waals surface area contributed by atoms with E-state index in [1.807, 2.05) is 11.6 Å². The third-order valence-electron chi connectivity index (χ3n) is 4.03. The summed E-state index contributed by atoms with van der Waals surface area (Å²) in [6, 6.07) is 8.96. The molecule has 0 saturated carbocycles. The minimum absolute atomic E-state index is 0.617. The molecule has 0 fully saturated rings. The predicted molar refractivity (Wildman–Crippen MR) is 85.6 cm³/mol. The summed E-state index contributed by atoms with van der Waals surface area (Å²) in [5.41, 5.74) is 5.20. The number of nitrogens with zero attached hydrogens (tertiary/aromatic N) is 2. The molecule has 0 aliphatic rings. The third kappa shape index (κ3) is 3.12. The molecule has 0 radical (unpaired) electrons. The van der Waals surface area contributed by atoms with Gasteiger partial charge in [-0.15, -0.1) is 0 Å². The second-order valence-electron chi connectivity index (χ2n) is 5.56. The maximum Gasteiger partial charge on any atom is 0.0680 e. The minimum atomic E-state index is 0.617. The summed E-state index contributed by atoms with van der Waals surface area (Å²) in [5.74, 6) is 0.617. The maximum absolute atomic E-state index is 4.58. The molecule has 0 amide bonds. The van der Waals surface area contributed by atoms with Crippen LogP contribution in [0.3, 0.4) is 0 Å². The van der Waals surface area contributed by atoms with Gasteiger partial charge in [-0.05, 0) is 55.4 Å². The molecule has 108 valence electrons. The molecular weight excluding hydrogens is 244 g/mol. The smallest absolute Gasteiger partial charge is 0.0680 e. The van der Waals surface area contributed by atoms with E-state index in [-0.39, 0.29) is 0 Å². The van der Waals surface area contributed by atoms with Crippen LogP contribution in [0.5, 0.6) is 0 Å². The van der Waals surface area contributed by atoms with Gasteiger partial charge in [-0.2, -0.15) is 5.10 Å². The zero-order valence-electron chi connectivity index (χ0n) is 13.2. The Morgan fingerprint density at radius 2 is 1.85 bits per heavy atom. The fourth-order valence-electron chi connectivity index (χ4n) is 2.86. The van der Waals surface area contributed by atoms with Crippen molar-refractivity contribution in [2.75, 3.05) is 0 Å². The number of aryl methyl sites for hydroxylation is 2. The summed E-state index contributed by atoms with van der Waals surface area (Å²) in [6.07, 6.45) is 6.78. The van der Waals surface area contributed by atoms with E-state index in [0.29, 0.717) is 5.92 Å². The molecular formula is C18H26N2. The molecule has 2 nitrogen and oxygen atoms in total. The highest BCUT2D eigenvalue weighted by Gasteiger charge is 2.14. The highest BCUT2D eigenvalue weighted by atomic mass is 15.3. The highest BCUT2D eigenvalue weighted by Crippen LogP contribution is 2.30. The van der Waals surface area contributed by atoms with Gasteiger partial charge in [0, 0.05) is 6.20 Å². The molecule has 0 aliphatic heterocycles. The van der Waals surface area contributed by atoms with Gasteiger partial charge in [-0.3, -0.25) is 0 Å². The number of benzene rings is 1. The van der Waals surface area contributed by atoms with Gasteiger partial charge in [0.15, 0.2) is 0 Å². The largest absolute Gasteiger partial charge is 0.240 e. The first kappa shape index (κ1) is 14.8. The molecule has 1 aromatic carbocycles. The molecule has 2 rings (SSSR count). The van der Waals surface area contributed by atoms with Crippen LogP contribution < -0.4 is 0 Å². The van der Waals surface area contributed by atoms with E-state index in [1.165, 1.54) is 36.1 Å². The molecule has 0 aliphatic carbocycles. The molecule has 1 heterocycles. The summed E-state index contributed by atoms with van der Waals surface area (Å²) in [7, 11) is 0. The van der Waals surface area contributed by atoms with Crippen molar-refractivity contribution in [1.82, 2.24) is 9.78 Å². The topological polar surface area (TPSA) is 17.8 Å². The van der Waals surface area contributed by atoms with Gasteiger partial charge in [-0.1, -0.05) is 39.3 Å². The second-order valence-corrected chi connectivity index (χ2v) is 5.56. The van der Waals surface area contributed by atoms with Crippen molar-refractivity contribution in [3.8, 4) is 5.69 Å². The Hall–Kier alpha value is -1.57. The zero-order chi connectivity index (χ0) is 14.5. The predicted octanol–water partition coefficient (Wildman–Crippen LogP) is 5.04. The molecule has 0 bridgehead atoms. The van der Waals surface area contributed by atoms with E-state index in [0.717, 1.165) is 12.1 Å². The van der Waals surface area contributed by atoms with Crippen molar-refractivity contribution in [3.63, 3.8) is 0 Å². The lowest BCUT2D eigenvalue weighted by Gasteiger charge is -2.19. The summed E-state index contributed by atoms with van der Waals surface area (Å²) < 4.78 is 2.03. The Morgan fingerprint density at radius 3 is 2.40 bits per heavy atom. The van der Waals surface area contributed by atoms with Crippen molar-refractivity contribution < 1.29 is 0 Å². The van der Waals surface area contributed by atoms with Crippen LogP contribution in [0, 0.1) is 6.92 Å². The van der Waals surface area contributed by atoms with Crippen molar-refractivity contribution in [2.24, 2.45) is 0 Å². The Bertz CT molecular complexity index is 550. The first-order chi connectivity index (χ1) is 9.69. The third-order valence-corrected chi connectivity index (χ3v) is 4.03. The van der Waals surface area contributed by atoms with Crippen LogP contribution in [-0.4, -0.2) is 9.78 Å². The summed E-state index contributed by atoms with van der Waals surface area (Å²) in [4.78, 5) is 0. The van der Waals surface area contributed by atoms with Gasteiger partial charge in [0.2, 0.25) is 0 Å². The molecule has 0 spiro atoms. The Labute approximate surface area is 122 Å². The highest BCUT2D eigenvalue weighted by molar-refractivity contribution is 5.45. The molecule has 0 unspecified atom stereocenters. The van der Waals surface area contributed by atoms with Gasteiger partial charge in [-0.25, -0.2) is 4.68 Å². The summed E-state index contributed by atoms with van der Waals surface area (Å²) in [6.45, 7) is 8.83. The molecule has 2 aromatic rings. The zero-order valence-corrected chi connectivity index (χ0v) is 13.2. The SMILES string of the molecule is CCCc1ccc(-n2ccc(C)n2)c(C(CC)CC)c1. The average Bonchev–Trinajstić information content (AvgIpc) is 2.87. The average molecular weight is 270 g/mol. The molecule has 0 N–H and O–H groups in total. The standard InChI is InChI=1S/C18H26N2/c1-5-8-15-9-10-18(20-12-11-14(4)19-20)17(13-15)16(6-2)7-3/h9-13,16H,5-8H2,1-4H3. The monoisotopic (exact) mass is 270 g/mol. The quantitative estimate of drug-likeness (QED) is 0.719. The number of hydrogen-bond donors (Lipinski definition) is 0. The normalized spacial score (nSPS) is 11.2. The van der Waals surface area contributed by atoms with E-state index >= 15 is 0 Å². The van der Waals surface area contributed by atoms with Gasteiger partial charge in [0.05, 0.1) is 11.4 Å². The van der Waals surface area contributed by atoms with Crippen LogP contribution in [-0.2, 0) is 6.42 Å². The van der Waals surface area contributed by atoms with Gasteiger partial charge in [0.25, 0.3) is 0 Å². The van der Waals surface area contributed by atoms with E-state index in [4.69, 9.17) is 0 Å². The van der Waals surface area contributed by atoms with Crippen molar-refractivity contribution in [3.05, 3.63) is 47.3 Å². The van der Waals surface area contributed by atoms with Crippen molar-refractivity contribution in [2.45, 2.75) is 59.3 Å². The minimum Gasteiger partial charge on any atom is -0.240 e. The number of rotatable bonds is 6. The maximum atomic E-state index is 4.58. The fourth-order valence-corrected chi connectivity index (χ4v) is 2.86. The van der Waals surface area contributed by atoms with Crippen molar-refractivity contribution in [1.29, 1.82) is 0 Å². The molecule has 0 atom stereocenters. The fraction of sp³-hybridized carbons (Fsp3) is 0.500. The van der Waals surface area contributed by atoms with E-state index in [9.17, 15) is 0 Å². The lowest BCUT2D eigenvalue weighted by molar-refractivity contribution is 0.633. The van der Waals surface area contributed by atoms with Crippen LogP contribution in [0.1, 0.15) is 62.8 Å². The van der Waals surface area contributed by atoms with E-state index in [2.05, 4.69) is 56.3 Å². The van der Waals surface area contributed by atoms with Gasteiger partial charge < -0.3 is 0 Å². The summed E-state index contributed by atoms with van der Waals surface area (Å²) >= 11 is 0.